The molecule has 0 aromatic carbocycles. The van der Waals surface area contributed by atoms with Gasteiger partial charge in [0.2, 0.25) is 0 Å². The lowest BCUT2D eigenvalue weighted by Gasteiger charge is -2.28. The Labute approximate surface area is 384 Å². The lowest BCUT2D eigenvalue weighted by molar-refractivity contribution is -0.870. The molecule has 0 aromatic heterocycles. The molecule has 0 N–H and O–H groups in total. The van der Waals surface area contributed by atoms with Crippen LogP contribution in [-0.4, -0.2) is 70.0 Å². The molecular weight excluding hydrogens is 798 g/mol. The Hall–Kier alpha value is -0.990. The number of nitrogens with zero attached hydrogens (tertiary/aromatic N) is 1. The van der Waals surface area contributed by atoms with Crippen molar-refractivity contribution in [3.05, 3.63) is 0 Å². The van der Waals surface area contributed by atoms with E-state index in [1.807, 2.05) is 21.1 Å². The number of carbonyl (C=O) groups excluding carboxylic acids is 2. The van der Waals surface area contributed by atoms with Crippen LogP contribution in [0.25, 0.3) is 0 Å². The SMILES string of the molecule is CCCCCCCCCCCCCCCCCCCCCCCC(=O)OC[C@H](COP(=O)([O-])OCC[N+](C)(C)C)OC(=O)CCCCCCCCCCCCCCCCCCC. The largest absolute Gasteiger partial charge is 0.756 e. The molecule has 0 saturated carbocycles. The highest BCUT2D eigenvalue weighted by atomic mass is 31.2. The molecule has 0 radical (unpaired) electrons. The third kappa shape index (κ3) is 48.5. The number of quaternary nitrogens is 1. The van der Waals surface area contributed by atoms with Crippen LogP contribution < -0.4 is 4.89 Å². The molecule has 9 nitrogen and oxygen atoms in total. The Bertz CT molecular complexity index is 1020. The highest BCUT2D eigenvalue weighted by molar-refractivity contribution is 7.45. The van der Waals surface area contributed by atoms with Gasteiger partial charge in [0.15, 0.2) is 6.10 Å². The van der Waals surface area contributed by atoms with E-state index < -0.39 is 26.5 Å². The van der Waals surface area contributed by atoms with Crippen molar-refractivity contribution in [1.82, 2.24) is 0 Å². The van der Waals surface area contributed by atoms with Crippen molar-refractivity contribution in [2.75, 3.05) is 47.5 Å². The molecule has 0 fully saturated rings. The molecule has 0 amide bonds. The second-order valence-corrected chi connectivity index (χ2v) is 21.0. The van der Waals surface area contributed by atoms with Crippen LogP contribution in [0.2, 0.25) is 0 Å². The Morgan fingerprint density at radius 1 is 0.435 bits per heavy atom. The molecule has 0 heterocycles. The Balaban J connectivity index is 4.16. The van der Waals surface area contributed by atoms with Gasteiger partial charge in [0.05, 0.1) is 27.7 Å². The number of phosphoric acid groups is 1. The molecule has 2 atom stereocenters. The fraction of sp³-hybridized carbons (Fsp3) is 0.962. The van der Waals surface area contributed by atoms with Gasteiger partial charge in [-0.25, -0.2) is 0 Å². The summed E-state index contributed by atoms with van der Waals surface area (Å²) in [7, 11) is 1.19. The smallest absolute Gasteiger partial charge is 0.306 e. The summed E-state index contributed by atoms with van der Waals surface area (Å²) >= 11 is 0. The molecule has 0 saturated heterocycles. The summed E-state index contributed by atoms with van der Waals surface area (Å²) in [5, 5.41) is 0. The first-order chi connectivity index (χ1) is 30.0. The Morgan fingerprint density at radius 3 is 1.03 bits per heavy atom. The average molecular weight is 902 g/mol. The minimum Gasteiger partial charge on any atom is -0.756 e. The number of hydrogen-bond donors (Lipinski definition) is 0. The van der Waals surface area contributed by atoms with E-state index in [4.69, 9.17) is 18.5 Å². The molecule has 62 heavy (non-hydrogen) atoms. The van der Waals surface area contributed by atoms with Gasteiger partial charge in [-0.2, -0.15) is 0 Å². The fourth-order valence-electron chi connectivity index (χ4n) is 7.95. The van der Waals surface area contributed by atoms with Crippen LogP contribution in [0.15, 0.2) is 0 Å². The van der Waals surface area contributed by atoms with Gasteiger partial charge in [0.25, 0.3) is 7.82 Å². The molecule has 0 bridgehead atoms. The van der Waals surface area contributed by atoms with Crippen LogP contribution in [0.1, 0.15) is 271 Å². The standard InChI is InChI=1S/C52H104NO8P/c1-6-8-10-12-14-16-18-20-22-24-25-26-27-29-30-32-34-36-38-40-42-44-51(54)58-48-50(49-60-62(56,57)59-47-46-53(3,4)5)61-52(55)45-43-41-39-37-35-33-31-28-23-21-19-17-15-13-11-9-7-2/h50H,6-49H2,1-5H3/t50-/m1/s1. The number of phosphoric ester groups is 1. The molecular formula is C52H104NO8P. The van der Waals surface area contributed by atoms with Crippen LogP contribution in [-0.2, 0) is 32.7 Å². The average Bonchev–Trinajstić information content (AvgIpc) is 3.23. The zero-order valence-electron chi connectivity index (χ0n) is 41.9. The minimum absolute atomic E-state index is 0.0253. The normalized spacial score (nSPS) is 13.3. The predicted octanol–water partition coefficient (Wildman–Crippen LogP) is 15.3. The number of carbonyl (C=O) groups is 2. The van der Waals surface area contributed by atoms with Gasteiger partial charge >= 0.3 is 11.9 Å². The van der Waals surface area contributed by atoms with Crippen molar-refractivity contribution in [3.8, 4) is 0 Å². The van der Waals surface area contributed by atoms with E-state index in [9.17, 15) is 19.0 Å². The number of unbranched alkanes of at least 4 members (excludes halogenated alkanes) is 36. The zero-order valence-corrected chi connectivity index (χ0v) is 42.7. The van der Waals surface area contributed by atoms with Crippen LogP contribution in [0, 0.1) is 0 Å². The van der Waals surface area contributed by atoms with Gasteiger partial charge in [-0.3, -0.25) is 14.2 Å². The summed E-state index contributed by atoms with van der Waals surface area (Å²) in [5.41, 5.74) is 0. The van der Waals surface area contributed by atoms with Gasteiger partial charge in [-0.15, -0.1) is 0 Å². The van der Waals surface area contributed by atoms with Crippen molar-refractivity contribution in [2.45, 2.75) is 277 Å². The monoisotopic (exact) mass is 902 g/mol. The van der Waals surface area contributed by atoms with Crippen molar-refractivity contribution >= 4 is 19.8 Å². The zero-order chi connectivity index (χ0) is 45.7. The van der Waals surface area contributed by atoms with Gasteiger partial charge in [0, 0.05) is 12.8 Å². The maximum Gasteiger partial charge on any atom is 0.306 e. The molecule has 0 aliphatic rings. The minimum atomic E-state index is -4.62. The van der Waals surface area contributed by atoms with E-state index in [2.05, 4.69) is 13.8 Å². The molecule has 0 spiro atoms. The first kappa shape index (κ1) is 61.0. The quantitative estimate of drug-likeness (QED) is 0.0257. The maximum absolute atomic E-state index is 12.7. The van der Waals surface area contributed by atoms with Crippen LogP contribution >= 0.6 is 7.82 Å². The Morgan fingerprint density at radius 2 is 0.726 bits per heavy atom. The maximum atomic E-state index is 12.7. The third-order valence-electron chi connectivity index (χ3n) is 12.1. The van der Waals surface area contributed by atoms with E-state index in [-0.39, 0.29) is 32.0 Å². The first-order valence-corrected chi connectivity index (χ1v) is 28.2. The van der Waals surface area contributed by atoms with Gasteiger partial charge in [-0.1, -0.05) is 245 Å². The van der Waals surface area contributed by atoms with Crippen LogP contribution in [0.3, 0.4) is 0 Å². The van der Waals surface area contributed by atoms with E-state index >= 15 is 0 Å². The van der Waals surface area contributed by atoms with E-state index in [0.29, 0.717) is 17.4 Å². The first-order valence-electron chi connectivity index (χ1n) is 26.7. The fourth-order valence-corrected chi connectivity index (χ4v) is 8.68. The summed E-state index contributed by atoms with van der Waals surface area (Å²) in [6, 6.07) is 0. The van der Waals surface area contributed by atoms with Gasteiger partial charge in [-0.05, 0) is 12.8 Å². The van der Waals surface area contributed by atoms with Crippen LogP contribution in [0.5, 0.6) is 0 Å². The second-order valence-electron chi connectivity index (χ2n) is 19.6. The Kier molecular flexibility index (Phi) is 44.5. The molecule has 10 heteroatoms. The van der Waals surface area contributed by atoms with Crippen LogP contribution in [0.4, 0.5) is 0 Å². The third-order valence-corrected chi connectivity index (χ3v) is 13.1. The van der Waals surface area contributed by atoms with Gasteiger partial charge in [0.1, 0.15) is 19.8 Å². The number of likely N-dealkylation sites (N-methyl/N-ethyl adjacent to an activating group) is 1. The van der Waals surface area contributed by atoms with E-state index in [1.54, 1.807) is 0 Å². The van der Waals surface area contributed by atoms with E-state index in [1.165, 1.54) is 205 Å². The number of hydrogen-bond acceptors (Lipinski definition) is 8. The van der Waals surface area contributed by atoms with Crippen molar-refractivity contribution < 1.29 is 42.1 Å². The summed E-state index contributed by atoms with van der Waals surface area (Å²) < 4.78 is 34.1. The summed E-state index contributed by atoms with van der Waals surface area (Å²) in [6.45, 7) is 4.30. The summed E-state index contributed by atoms with van der Waals surface area (Å²) in [4.78, 5) is 37.7. The van der Waals surface area contributed by atoms with E-state index in [0.717, 1.165) is 32.1 Å². The van der Waals surface area contributed by atoms with Crippen molar-refractivity contribution in [2.24, 2.45) is 0 Å². The highest BCUT2D eigenvalue weighted by Crippen LogP contribution is 2.38. The lowest BCUT2D eigenvalue weighted by atomic mass is 10.0. The predicted molar refractivity (Wildman–Crippen MR) is 259 cm³/mol. The molecule has 0 aliphatic carbocycles. The topological polar surface area (TPSA) is 111 Å². The van der Waals surface area contributed by atoms with Gasteiger partial charge < -0.3 is 27.9 Å². The number of rotatable bonds is 50. The summed E-state index contributed by atoms with van der Waals surface area (Å²) in [5.74, 6) is -0.812. The molecule has 370 valence electrons. The molecule has 0 aromatic rings. The molecule has 1 unspecified atom stereocenters. The lowest BCUT2D eigenvalue weighted by Crippen LogP contribution is -2.37. The second kappa shape index (κ2) is 45.2. The van der Waals surface area contributed by atoms with Crippen molar-refractivity contribution in [1.29, 1.82) is 0 Å². The highest BCUT2D eigenvalue weighted by Gasteiger charge is 2.21. The number of ether oxygens (including phenoxy) is 2. The molecule has 0 rings (SSSR count). The summed E-state index contributed by atoms with van der Waals surface area (Å²) in [6.07, 6.45) is 48.5. The molecule has 0 aliphatic heterocycles. The van der Waals surface area contributed by atoms with Crippen molar-refractivity contribution in [3.63, 3.8) is 0 Å². The number of esters is 2.